The molecule has 2 aromatic heterocycles. The average Bonchev–Trinajstić information content (AvgIpc) is 2.48. The lowest BCUT2D eigenvalue weighted by Gasteiger charge is -2.03. The van der Waals surface area contributed by atoms with Crippen LogP contribution in [0, 0.1) is 20.8 Å². The molecule has 0 radical (unpaired) electrons. The monoisotopic (exact) mass is 201 g/mol. The van der Waals surface area contributed by atoms with Gasteiger partial charge in [0.2, 0.25) is 0 Å². The number of hydrogen-bond donors (Lipinski definition) is 0. The van der Waals surface area contributed by atoms with Crippen molar-refractivity contribution in [2.24, 2.45) is 0 Å². The molecule has 2 heterocycles. The lowest BCUT2D eigenvalue weighted by atomic mass is 10.2. The molecule has 0 saturated heterocycles. The van der Waals surface area contributed by atoms with Crippen molar-refractivity contribution < 1.29 is 0 Å². The van der Waals surface area contributed by atoms with Crippen LogP contribution in [0.1, 0.15) is 22.6 Å². The molecule has 15 heavy (non-hydrogen) atoms. The summed E-state index contributed by atoms with van der Waals surface area (Å²) in [6.07, 6.45) is 1.81. The third-order valence-corrected chi connectivity index (χ3v) is 2.78. The Morgan fingerprint density at radius 1 is 1.20 bits per heavy atom. The summed E-state index contributed by atoms with van der Waals surface area (Å²) >= 11 is 0. The molecular weight excluding hydrogens is 186 g/mol. The van der Waals surface area contributed by atoms with Gasteiger partial charge in [-0.1, -0.05) is 6.07 Å². The van der Waals surface area contributed by atoms with E-state index in [4.69, 9.17) is 0 Å². The molecule has 0 aliphatic rings. The Morgan fingerprint density at radius 3 is 2.53 bits per heavy atom. The maximum Gasteiger partial charge on any atom is 0.0834 e. The highest BCUT2D eigenvalue weighted by Crippen LogP contribution is 2.11. The molecule has 0 saturated carbocycles. The molecule has 2 aromatic rings. The van der Waals surface area contributed by atoms with Crippen molar-refractivity contribution in [1.82, 2.24) is 14.8 Å². The SMILES string of the molecule is Cc1nn(Cc2ccccn2)c(C)c1C. The topological polar surface area (TPSA) is 30.7 Å². The fourth-order valence-electron chi connectivity index (χ4n) is 1.59. The molecule has 3 nitrogen and oxygen atoms in total. The molecule has 0 spiro atoms. The van der Waals surface area contributed by atoms with Gasteiger partial charge in [0.05, 0.1) is 17.9 Å². The number of pyridine rings is 1. The molecule has 0 bridgehead atoms. The third-order valence-electron chi connectivity index (χ3n) is 2.78. The first-order valence-corrected chi connectivity index (χ1v) is 5.09. The largest absolute Gasteiger partial charge is 0.263 e. The van der Waals surface area contributed by atoms with Crippen molar-refractivity contribution in [3.8, 4) is 0 Å². The van der Waals surface area contributed by atoms with Crippen LogP contribution in [-0.2, 0) is 6.54 Å². The van der Waals surface area contributed by atoms with E-state index in [9.17, 15) is 0 Å². The highest BCUT2D eigenvalue weighted by molar-refractivity contribution is 5.22. The summed E-state index contributed by atoms with van der Waals surface area (Å²) in [4.78, 5) is 4.29. The zero-order valence-corrected chi connectivity index (χ0v) is 9.36. The zero-order chi connectivity index (χ0) is 10.8. The lowest BCUT2D eigenvalue weighted by molar-refractivity contribution is 0.646. The van der Waals surface area contributed by atoms with Crippen LogP contribution in [0.3, 0.4) is 0 Å². The fourth-order valence-corrected chi connectivity index (χ4v) is 1.59. The number of hydrogen-bond acceptors (Lipinski definition) is 2. The summed E-state index contributed by atoms with van der Waals surface area (Å²) in [5.41, 5.74) is 4.63. The van der Waals surface area contributed by atoms with Crippen molar-refractivity contribution in [2.75, 3.05) is 0 Å². The van der Waals surface area contributed by atoms with Gasteiger partial charge >= 0.3 is 0 Å². The molecule has 78 valence electrons. The number of nitrogens with zero attached hydrogens (tertiary/aromatic N) is 3. The van der Waals surface area contributed by atoms with Gasteiger partial charge in [0.1, 0.15) is 0 Å². The van der Waals surface area contributed by atoms with Crippen LogP contribution in [0.25, 0.3) is 0 Å². The van der Waals surface area contributed by atoms with Crippen LogP contribution >= 0.6 is 0 Å². The first kappa shape index (κ1) is 9.90. The molecule has 0 aliphatic heterocycles. The van der Waals surface area contributed by atoms with E-state index in [1.807, 2.05) is 36.0 Å². The molecule has 0 unspecified atom stereocenters. The molecule has 0 amide bonds. The van der Waals surface area contributed by atoms with E-state index in [1.54, 1.807) is 0 Å². The molecule has 3 heteroatoms. The third kappa shape index (κ3) is 1.91. The first-order chi connectivity index (χ1) is 7.18. The van der Waals surface area contributed by atoms with Crippen molar-refractivity contribution in [1.29, 1.82) is 0 Å². The fraction of sp³-hybridized carbons (Fsp3) is 0.333. The van der Waals surface area contributed by atoms with E-state index in [0.29, 0.717) is 0 Å². The quantitative estimate of drug-likeness (QED) is 0.746. The lowest BCUT2D eigenvalue weighted by Crippen LogP contribution is -2.05. The highest BCUT2D eigenvalue weighted by Gasteiger charge is 2.07. The zero-order valence-electron chi connectivity index (χ0n) is 9.36. The summed E-state index contributed by atoms with van der Waals surface area (Å²) < 4.78 is 2.01. The minimum atomic E-state index is 0.751. The molecule has 0 fully saturated rings. The Morgan fingerprint density at radius 2 is 2.00 bits per heavy atom. The van der Waals surface area contributed by atoms with Gasteiger partial charge in [-0.15, -0.1) is 0 Å². The van der Waals surface area contributed by atoms with Crippen LogP contribution in [0.4, 0.5) is 0 Å². The predicted molar refractivity (Wildman–Crippen MR) is 59.8 cm³/mol. The van der Waals surface area contributed by atoms with Gasteiger partial charge in [-0.25, -0.2) is 0 Å². The predicted octanol–water partition coefficient (Wildman–Crippen LogP) is 2.25. The Hall–Kier alpha value is -1.64. The van der Waals surface area contributed by atoms with Gasteiger partial charge in [-0.3, -0.25) is 9.67 Å². The van der Waals surface area contributed by atoms with E-state index in [1.165, 1.54) is 11.3 Å². The van der Waals surface area contributed by atoms with Gasteiger partial charge in [-0.05, 0) is 38.5 Å². The van der Waals surface area contributed by atoms with Crippen molar-refractivity contribution in [3.05, 3.63) is 47.0 Å². The maximum absolute atomic E-state index is 4.48. The molecule has 0 atom stereocenters. The minimum absolute atomic E-state index is 0.751. The summed E-state index contributed by atoms with van der Waals surface area (Å²) in [6.45, 7) is 6.99. The van der Waals surface area contributed by atoms with Crippen LogP contribution in [0.5, 0.6) is 0 Å². The van der Waals surface area contributed by atoms with Gasteiger partial charge in [0.15, 0.2) is 0 Å². The highest BCUT2D eigenvalue weighted by atomic mass is 15.3. The Labute approximate surface area is 89.8 Å². The first-order valence-electron chi connectivity index (χ1n) is 5.09. The van der Waals surface area contributed by atoms with Gasteiger partial charge in [-0.2, -0.15) is 5.10 Å². The van der Waals surface area contributed by atoms with Crippen molar-refractivity contribution >= 4 is 0 Å². The molecule has 0 N–H and O–H groups in total. The number of aryl methyl sites for hydroxylation is 1. The van der Waals surface area contributed by atoms with E-state index < -0.39 is 0 Å². The second-order valence-corrected chi connectivity index (χ2v) is 3.77. The second kappa shape index (κ2) is 3.85. The summed E-state index contributed by atoms with van der Waals surface area (Å²) in [6, 6.07) is 5.95. The second-order valence-electron chi connectivity index (χ2n) is 3.77. The number of aromatic nitrogens is 3. The van der Waals surface area contributed by atoms with Crippen LogP contribution < -0.4 is 0 Å². The minimum Gasteiger partial charge on any atom is -0.263 e. The summed E-state index contributed by atoms with van der Waals surface area (Å²) in [7, 11) is 0. The molecule has 0 aliphatic carbocycles. The Kier molecular flexibility index (Phi) is 2.54. The van der Waals surface area contributed by atoms with E-state index >= 15 is 0 Å². The van der Waals surface area contributed by atoms with E-state index in [-0.39, 0.29) is 0 Å². The van der Waals surface area contributed by atoms with Crippen molar-refractivity contribution in [2.45, 2.75) is 27.3 Å². The molecular formula is C12H15N3. The van der Waals surface area contributed by atoms with Crippen LogP contribution in [0.2, 0.25) is 0 Å². The Balaban J connectivity index is 2.29. The maximum atomic E-state index is 4.48. The van der Waals surface area contributed by atoms with Gasteiger partial charge in [0, 0.05) is 11.9 Å². The normalized spacial score (nSPS) is 10.6. The molecule has 0 aromatic carbocycles. The smallest absolute Gasteiger partial charge is 0.0834 e. The van der Waals surface area contributed by atoms with Gasteiger partial charge < -0.3 is 0 Å². The van der Waals surface area contributed by atoms with E-state index in [2.05, 4.69) is 23.9 Å². The molecule has 2 rings (SSSR count). The van der Waals surface area contributed by atoms with Crippen LogP contribution in [0.15, 0.2) is 24.4 Å². The van der Waals surface area contributed by atoms with Crippen LogP contribution in [-0.4, -0.2) is 14.8 Å². The van der Waals surface area contributed by atoms with Gasteiger partial charge in [0.25, 0.3) is 0 Å². The summed E-state index contributed by atoms with van der Waals surface area (Å²) in [5, 5.41) is 4.48. The average molecular weight is 201 g/mol. The van der Waals surface area contributed by atoms with E-state index in [0.717, 1.165) is 17.9 Å². The standard InChI is InChI=1S/C12H15N3/c1-9-10(2)14-15(11(9)3)8-12-6-4-5-7-13-12/h4-7H,8H2,1-3H3. The van der Waals surface area contributed by atoms with Crippen molar-refractivity contribution in [3.63, 3.8) is 0 Å². The summed E-state index contributed by atoms with van der Waals surface area (Å²) in [5.74, 6) is 0. The Bertz CT molecular complexity index is 457. The number of rotatable bonds is 2.